The topological polar surface area (TPSA) is 120 Å². The first kappa shape index (κ1) is 29.9. The molecule has 4 rings (SSSR count). The summed E-state index contributed by atoms with van der Waals surface area (Å²) in [6, 6.07) is 7.75. The zero-order chi connectivity index (χ0) is 29.7. The van der Waals surface area contributed by atoms with E-state index in [1.54, 1.807) is 23.1 Å². The maximum Gasteiger partial charge on any atom is 0.291 e. The van der Waals surface area contributed by atoms with Gasteiger partial charge in [-0.1, -0.05) is 6.92 Å². The monoisotopic (exact) mass is 567 g/mol. The molecular weight excluding hydrogens is 532 g/mol. The quantitative estimate of drug-likeness (QED) is 0.376. The van der Waals surface area contributed by atoms with Crippen LogP contribution in [0.2, 0.25) is 0 Å². The predicted octanol–water partition coefficient (Wildman–Crippen LogP) is 4.35. The Hall–Kier alpha value is -4.12. The second kappa shape index (κ2) is 13.0. The van der Waals surface area contributed by atoms with Crippen molar-refractivity contribution in [1.29, 1.82) is 0 Å². The van der Waals surface area contributed by atoms with Crippen LogP contribution in [0.15, 0.2) is 36.5 Å². The number of nitrogens with two attached hydrogens (primary N) is 1. The van der Waals surface area contributed by atoms with Crippen LogP contribution in [0.5, 0.6) is 5.75 Å². The number of carbonyl (C=O) groups is 3. The standard InChI is InChI=1S/C30H35F2N5O4/c1-4-18-16-20(7-8-21(18)30(40)37-14-11-19(12-15-37)24(38)6-5-13-33)35-29(39)28-34-17-23(36(28)2)22-9-10-25(41-3)27(32)26(22)31/h7-10,16-17,19H,4-6,11-15,33H2,1-3H3,(H,35,39). The summed E-state index contributed by atoms with van der Waals surface area (Å²) in [5.41, 5.74) is 7.46. The van der Waals surface area contributed by atoms with E-state index in [1.807, 2.05) is 6.92 Å². The van der Waals surface area contributed by atoms with Crippen molar-refractivity contribution >= 4 is 23.3 Å². The number of Topliss-reactive ketones (excluding diaryl/α,β-unsaturated/α-hetero) is 1. The fraction of sp³-hybridized carbons (Fsp3) is 0.400. The number of methoxy groups -OCH3 is 1. The first-order valence-electron chi connectivity index (χ1n) is 13.7. The average molecular weight is 568 g/mol. The molecule has 41 heavy (non-hydrogen) atoms. The van der Waals surface area contributed by atoms with Crippen molar-refractivity contribution in [2.75, 3.05) is 32.1 Å². The van der Waals surface area contributed by atoms with E-state index in [2.05, 4.69) is 10.3 Å². The maximum absolute atomic E-state index is 14.6. The van der Waals surface area contributed by atoms with Crippen LogP contribution in [0.4, 0.5) is 14.5 Å². The number of aryl methyl sites for hydroxylation is 1. The summed E-state index contributed by atoms with van der Waals surface area (Å²) in [5, 5.41) is 2.78. The van der Waals surface area contributed by atoms with Gasteiger partial charge < -0.3 is 25.3 Å². The summed E-state index contributed by atoms with van der Waals surface area (Å²) in [5.74, 6) is -2.91. The molecular formula is C30H35F2N5O4. The Kier molecular flexibility index (Phi) is 9.49. The minimum atomic E-state index is -1.13. The fourth-order valence-electron chi connectivity index (χ4n) is 5.17. The molecule has 2 aromatic carbocycles. The first-order chi connectivity index (χ1) is 19.7. The molecule has 0 bridgehead atoms. The van der Waals surface area contributed by atoms with Crippen LogP contribution in [0.1, 0.15) is 59.1 Å². The number of ketones is 1. The summed E-state index contributed by atoms with van der Waals surface area (Å²) >= 11 is 0. The minimum Gasteiger partial charge on any atom is -0.494 e. The molecule has 1 saturated heterocycles. The van der Waals surface area contributed by atoms with Gasteiger partial charge in [0.15, 0.2) is 17.4 Å². The predicted molar refractivity (Wildman–Crippen MR) is 151 cm³/mol. The van der Waals surface area contributed by atoms with Gasteiger partial charge in [0.1, 0.15) is 5.78 Å². The van der Waals surface area contributed by atoms with E-state index in [9.17, 15) is 23.2 Å². The van der Waals surface area contributed by atoms with Crippen molar-refractivity contribution in [3.8, 4) is 17.0 Å². The van der Waals surface area contributed by atoms with Gasteiger partial charge in [-0.25, -0.2) is 9.37 Å². The van der Waals surface area contributed by atoms with Crippen molar-refractivity contribution < 1.29 is 27.9 Å². The molecule has 1 fully saturated rings. The maximum atomic E-state index is 14.6. The summed E-state index contributed by atoms with van der Waals surface area (Å²) in [4.78, 5) is 44.6. The van der Waals surface area contributed by atoms with Gasteiger partial charge in [0.25, 0.3) is 11.8 Å². The van der Waals surface area contributed by atoms with Gasteiger partial charge in [-0.3, -0.25) is 14.4 Å². The van der Waals surface area contributed by atoms with Crippen LogP contribution in [0.25, 0.3) is 11.3 Å². The molecule has 218 valence electrons. The Bertz CT molecular complexity index is 1450. The number of nitrogens with one attached hydrogen (secondary N) is 1. The fourth-order valence-corrected chi connectivity index (χ4v) is 5.17. The molecule has 3 N–H and O–H groups in total. The minimum absolute atomic E-state index is 0.00212. The Balaban J connectivity index is 1.45. The number of aromatic nitrogens is 2. The number of rotatable bonds is 10. The third kappa shape index (κ3) is 6.30. The van der Waals surface area contributed by atoms with Crippen LogP contribution < -0.4 is 15.8 Å². The van der Waals surface area contributed by atoms with E-state index in [0.717, 1.165) is 5.56 Å². The lowest BCUT2D eigenvalue weighted by atomic mass is 9.90. The number of benzene rings is 2. The van der Waals surface area contributed by atoms with Crippen molar-refractivity contribution in [3.05, 3.63) is 65.1 Å². The highest BCUT2D eigenvalue weighted by atomic mass is 19.2. The molecule has 11 heteroatoms. The van der Waals surface area contributed by atoms with Crippen LogP contribution in [-0.2, 0) is 18.3 Å². The van der Waals surface area contributed by atoms with E-state index in [4.69, 9.17) is 10.5 Å². The number of hydrogen-bond acceptors (Lipinski definition) is 6. The third-order valence-corrected chi connectivity index (χ3v) is 7.57. The molecule has 0 saturated carbocycles. The van der Waals surface area contributed by atoms with Crippen molar-refractivity contribution in [2.45, 2.75) is 39.0 Å². The van der Waals surface area contributed by atoms with E-state index in [1.165, 1.54) is 37.1 Å². The molecule has 3 aromatic rings. The Labute approximate surface area is 237 Å². The highest BCUT2D eigenvalue weighted by molar-refractivity contribution is 6.03. The molecule has 2 heterocycles. The van der Waals surface area contributed by atoms with Gasteiger partial charge in [0.2, 0.25) is 5.82 Å². The zero-order valence-electron chi connectivity index (χ0n) is 23.5. The van der Waals surface area contributed by atoms with Crippen molar-refractivity contribution in [1.82, 2.24) is 14.5 Å². The van der Waals surface area contributed by atoms with Gasteiger partial charge in [-0.2, -0.15) is 4.39 Å². The molecule has 1 aliphatic rings. The molecule has 0 aliphatic carbocycles. The number of imidazole rings is 1. The summed E-state index contributed by atoms with van der Waals surface area (Å²) in [6.07, 6.45) is 4.32. The number of hydrogen-bond donors (Lipinski definition) is 2. The van der Waals surface area contributed by atoms with Crippen LogP contribution in [0, 0.1) is 17.6 Å². The SMILES string of the molecule is CCc1cc(NC(=O)c2ncc(-c3ccc(OC)c(F)c3F)n2C)ccc1C(=O)N1CCC(C(=O)CCCN)CC1. The van der Waals surface area contributed by atoms with Crippen LogP contribution >= 0.6 is 0 Å². The van der Waals surface area contributed by atoms with Gasteiger partial charge in [0.05, 0.1) is 19.0 Å². The van der Waals surface area contributed by atoms with E-state index >= 15 is 0 Å². The smallest absolute Gasteiger partial charge is 0.291 e. The van der Waals surface area contributed by atoms with Crippen LogP contribution in [0.3, 0.4) is 0 Å². The number of nitrogens with zero attached hydrogens (tertiary/aromatic N) is 3. The van der Waals surface area contributed by atoms with Gasteiger partial charge >= 0.3 is 0 Å². The second-order valence-electron chi connectivity index (χ2n) is 10.1. The number of anilines is 1. The largest absolute Gasteiger partial charge is 0.494 e. The molecule has 1 aliphatic heterocycles. The van der Waals surface area contributed by atoms with Gasteiger partial charge in [-0.05, 0) is 68.1 Å². The first-order valence-corrected chi connectivity index (χ1v) is 13.7. The summed E-state index contributed by atoms with van der Waals surface area (Å²) in [7, 11) is 2.78. The highest BCUT2D eigenvalue weighted by Crippen LogP contribution is 2.30. The lowest BCUT2D eigenvalue weighted by molar-refractivity contribution is -0.124. The lowest BCUT2D eigenvalue weighted by Crippen LogP contribution is -2.40. The molecule has 0 radical (unpaired) electrons. The third-order valence-electron chi connectivity index (χ3n) is 7.57. The number of likely N-dealkylation sites (tertiary alicyclic amines) is 1. The van der Waals surface area contributed by atoms with Gasteiger partial charge in [0, 0.05) is 49.3 Å². The Morgan fingerprint density at radius 3 is 2.51 bits per heavy atom. The Morgan fingerprint density at radius 2 is 1.85 bits per heavy atom. The van der Waals surface area contributed by atoms with Gasteiger partial charge in [-0.15, -0.1) is 0 Å². The normalized spacial score (nSPS) is 13.8. The summed E-state index contributed by atoms with van der Waals surface area (Å²) < 4.78 is 35.1. The van der Waals surface area contributed by atoms with E-state index in [-0.39, 0.29) is 40.4 Å². The molecule has 0 unspecified atom stereocenters. The number of ether oxygens (including phenoxy) is 1. The van der Waals surface area contributed by atoms with Crippen molar-refractivity contribution in [2.24, 2.45) is 18.7 Å². The number of piperidine rings is 1. The molecule has 9 nitrogen and oxygen atoms in total. The average Bonchev–Trinajstić information content (AvgIpc) is 3.37. The molecule has 1 aromatic heterocycles. The van der Waals surface area contributed by atoms with E-state index in [0.29, 0.717) is 63.0 Å². The van der Waals surface area contributed by atoms with Crippen molar-refractivity contribution in [3.63, 3.8) is 0 Å². The van der Waals surface area contributed by atoms with Crippen LogP contribution in [-0.4, -0.2) is 58.8 Å². The summed E-state index contributed by atoms with van der Waals surface area (Å²) in [6.45, 7) is 3.44. The highest BCUT2D eigenvalue weighted by Gasteiger charge is 2.28. The number of halogens is 2. The molecule has 0 spiro atoms. The second-order valence-corrected chi connectivity index (χ2v) is 10.1. The Morgan fingerprint density at radius 1 is 1.12 bits per heavy atom. The number of carbonyl (C=O) groups excluding carboxylic acids is 3. The zero-order valence-corrected chi connectivity index (χ0v) is 23.5. The van der Waals surface area contributed by atoms with E-state index < -0.39 is 17.5 Å². The molecule has 2 amide bonds. The number of amides is 2. The lowest BCUT2D eigenvalue weighted by Gasteiger charge is -2.32. The molecule has 0 atom stereocenters.